The number of carbonyl (C=O) groups excluding carboxylic acids is 3. The van der Waals surface area contributed by atoms with Crippen molar-refractivity contribution in [3.63, 3.8) is 0 Å². The van der Waals surface area contributed by atoms with Crippen LogP contribution in [0.15, 0.2) is 12.1 Å². The Morgan fingerprint density at radius 1 is 1.04 bits per heavy atom. The van der Waals surface area contributed by atoms with Crippen LogP contribution in [0.25, 0.3) is 0 Å². The van der Waals surface area contributed by atoms with E-state index < -0.39 is 30.0 Å². The number of rotatable bonds is 4. The van der Waals surface area contributed by atoms with Gasteiger partial charge in [0.05, 0.1) is 17.3 Å². The summed E-state index contributed by atoms with van der Waals surface area (Å²) >= 11 is 6.50. The Morgan fingerprint density at radius 3 is 2.20 bits per heavy atom. The number of hydrogen-bond donors (Lipinski definition) is 3. The van der Waals surface area contributed by atoms with Crippen molar-refractivity contribution in [2.75, 3.05) is 57.3 Å². The van der Waals surface area contributed by atoms with Crippen molar-refractivity contribution in [1.29, 1.82) is 0 Å². The van der Waals surface area contributed by atoms with E-state index in [0.717, 1.165) is 38.8 Å². The van der Waals surface area contributed by atoms with Crippen molar-refractivity contribution in [3.8, 4) is 0 Å². The third-order valence-electron chi connectivity index (χ3n) is 9.20. The number of carboxylic acid groups (broad SMARTS) is 1. The Labute approximate surface area is 262 Å². The maximum atomic E-state index is 14.3. The lowest BCUT2D eigenvalue weighted by Crippen LogP contribution is -2.53. The summed E-state index contributed by atoms with van der Waals surface area (Å²) in [5.74, 6) is -6.41. The number of aryl methyl sites for hydroxylation is 1. The smallest absolute Gasteiger partial charge is 0.475 e. The third kappa shape index (κ3) is 8.41. The van der Waals surface area contributed by atoms with Crippen LogP contribution in [0.1, 0.15) is 54.4 Å². The molecule has 3 N–H and O–H groups in total. The second-order valence-electron chi connectivity index (χ2n) is 12.2. The molecule has 1 unspecified atom stereocenters. The summed E-state index contributed by atoms with van der Waals surface area (Å²) < 4.78 is 60.3. The minimum Gasteiger partial charge on any atom is -0.475 e. The molecule has 1 spiro atoms. The zero-order valence-corrected chi connectivity index (χ0v) is 25.6. The van der Waals surface area contributed by atoms with Gasteiger partial charge in [-0.1, -0.05) is 11.6 Å². The van der Waals surface area contributed by atoms with Crippen LogP contribution in [0.5, 0.6) is 0 Å². The maximum Gasteiger partial charge on any atom is 0.490 e. The molecule has 4 aliphatic rings. The van der Waals surface area contributed by atoms with Gasteiger partial charge in [-0.3, -0.25) is 19.8 Å². The minimum atomic E-state index is -5.08. The molecule has 4 amide bonds. The van der Waals surface area contributed by atoms with E-state index in [2.05, 4.69) is 15.5 Å². The Bertz CT molecular complexity index is 1290. The molecule has 1 aromatic rings. The molecule has 1 aromatic carbocycles. The number of imide groups is 1. The van der Waals surface area contributed by atoms with E-state index in [1.165, 1.54) is 4.90 Å². The molecule has 0 aromatic heterocycles. The van der Waals surface area contributed by atoms with E-state index in [1.54, 1.807) is 19.1 Å². The lowest BCUT2D eigenvalue weighted by Gasteiger charge is -2.48. The molecule has 45 heavy (non-hydrogen) atoms. The molecule has 0 radical (unpaired) electrons. The fourth-order valence-corrected chi connectivity index (χ4v) is 6.58. The molecule has 4 saturated heterocycles. The normalized spacial score (nSPS) is 23.7. The Balaban J connectivity index is 0.000000591. The summed E-state index contributed by atoms with van der Waals surface area (Å²) in [6, 6.07) is 2.86. The summed E-state index contributed by atoms with van der Waals surface area (Å²) in [6.45, 7) is 5.83. The molecule has 5 rings (SSSR count). The number of carbonyl (C=O) groups is 4. The van der Waals surface area contributed by atoms with Gasteiger partial charge in [-0.25, -0.2) is 18.4 Å². The number of anilines is 1. The van der Waals surface area contributed by atoms with E-state index in [1.807, 2.05) is 4.90 Å². The lowest BCUT2D eigenvalue weighted by molar-refractivity contribution is -0.192. The second-order valence-corrected chi connectivity index (χ2v) is 12.6. The molecule has 1 atom stereocenters. The number of likely N-dealkylation sites (tertiary alicyclic amines) is 2. The molecule has 10 nitrogen and oxygen atoms in total. The maximum absolute atomic E-state index is 14.3. The molecule has 4 heterocycles. The van der Waals surface area contributed by atoms with Gasteiger partial charge in [0.25, 0.3) is 11.8 Å². The number of benzene rings is 1. The fourth-order valence-electron chi connectivity index (χ4n) is 6.36. The second kappa shape index (κ2) is 13.8. The van der Waals surface area contributed by atoms with E-state index in [-0.39, 0.29) is 36.7 Å². The fraction of sp³-hybridized carbons (Fsp3) is 0.655. The zero-order valence-electron chi connectivity index (χ0n) is 24.8. The van der Waals surface area contributed by atoms with Crippen molar-refractivity contribution >= 4 is 41.1 Å². The number of carboxylic acids is 1. The van der Waals surface area contributed by atoms with Gasteiger partial charge in [0.15, 0.2) is 0 Å². The van der Waals surface area contributed by atoms with Gasteiger partial charge in [-0.15, -0.1) is 0 Å². The molecule has 4 fully saturated rings. The highest BCUT2D eigenvalue weighted by Gasteiger charge is 2.44. The Morgan fingerprint density at radius 2 is 1.64 bits per heavy atom. The van der Waals surface area contributed by atoms with Crippen LogP contribution in [0, 0.1) is 18.3 Å². The number of nitrogens with zero attached hydrogens (tertiary/aromatic N) is 3. The average molecular weight is 666 g/mol. The predicted molar refractivity (Wildman–Crippen MR) is 155 cm³/mol. The molecule has 250 valence electrons. The first-order valence-corrected chi connectivity index (χ1v) is 15.2. The van der Waals surface area contributed by atoms with E-state index in [4.69, 9.17) is 21.5 Å². The number of halogens is 6. The van der Waals surface area contributed by atoms with Crippen LogP contribution in [0.4, 0.5) is 32.4 Å². The quantitative estimate of drug-likeness (QED) is 0.411. The number of alkyl halides is 5. The van der Waals surface area contributed by atoms with Gasteiger partial charge in [0.1, 0.15) is 0 Å². The summed E-state index contributed by atoms with van der Waals surface area (Å²) in [5, 5.41) is 12.6. The highest BCUT2D eigenvalue weighted by Crippen LogP contribution is 2.42. The van der Waals surface area contributed by atoms with E-state index in [0.29, 0.717) is 54.4 Å². The van der Waals surface area contributed by atoms with Crippen LogP contribution in [0.3, 0.4) is 0 Å². The largest absolute Gasteiger partial charge is 0.490 e. The summed E-state index contributed by atoms with van der Waals surface area (Å²) in [7, 11) is 0. The Hall–Kier alpha value is -3.04. The summed E-state index contributed by atoms with van der Waals surface area (Å²) in [4.78, 5) is 51.8. The lowest BCUT2D eigenvalue weighted by atomic mass is 9.71. The van der Waals surface area contributed by atoms with Crippen molar-refractivity contribution < 1.29 is 46.2 Å². The van der Waals surface area contributed by atoms with Gasteiger partial charge in [-0.05, 0) is 81.8 Å². The first-order valence-electron chi connectivity index (χ1n) is 14.8. The third-order valence-corrected chi connectivity index (χ3v) is 9.70. The SMILES string of the molecule is Cc1cc(C(=O)N2CCC3(CCN(CC4CCNCC4(F)F)CC3)CC2)cc(N2CCC(=O)NC2=O)c1Cl.O=C(O)C(F)(F)F. The number of amides is 4. The highest BCUT2D eigenvalue weighted by atomic mass is 35.5. The van der Waals surface area contributed by atoms with Crippen molar-refractivity contribution in [2.45, 2.75) is 57.5 Å². The molecule has 16 heteroatoms. The van der Waals surface area contributed by atoms with E-state index >= 15 is 0 Å². The summed E-state index contributed by atoms with van der Waals surface area (Å²) in [6.07, 6.45) is -0.668. The molecule has 0 bridgehead atoms. The number of nitrogens with one attached hydrogen (secondary N) is 2. The molecule has 0 aliphatic carbocycles. The van der Waals surface area contributed by atoms with Crippen LogP contribution >= 0.6 is 11.6 Å². The van der Waals surface area contributed by atoms with Gasteiger partial charge < -0.3 is 20.2 Å². The van der Waals surface area contributed by atoms with Crippen molar-refractivity contribution in [3.05, 3.63) is 28.3 Å². The zero-order chi connectivity index (χ0) is 33.2. The molecular formula is C29H37ClF5N5O5. The van der Waals surface area contributed by atoms with Gasteiger partial charge in [-0.2, -0.15) is 13.2 Å². The first-order chi connectivity index (χ1) is 21.0. The van der Waals surface area contributed by atoms with Crippen LogP contribution < -0.4 is 15.5 Å². The Kier molecular flexibility index (Phi) is 10.6. The standard InChI is InChI=1S/C27H36ClF2N5O3.C2HF3O2/c1-18-14-19(15-21(23(18)28)35-9-3-22(36)32-25(35)38)24(37)34-12-6-26(7-13-34)4-10-33(11-5-26)16-20-2-8-31-17-27(20,29)30;3-2(4,5)1(6)7/h14-15,20,31H,2-13,16-17H2,1H3,(H,32,36,38);(H,6,7). The monoisotopic (exact) mass is 665 g/mol. The topological polar surface area (TPSA) is 122 Å². The van der Waals surface area contributed by atoms with Gasteiger partial charge in [0, 0.05) is 44.1 Å². The van der Waals surface area contributed by atoms with Crippen molar-refractivity contribution in [1.82, 2.24) is 20.4 Å². The average Bonchev–Trinajstić information content (AvgIpc) is 2.97. The number of piperidine rings is 3. The van der Waals surface area contributed by atoms with Crippen LogP contribution in [-0.4, -0.2) is 103 Å². The minimum absolute atomic E-state index is 0.0973. The first kappa shape index (κ1) is 34.8. The van der Waals surface area contributed by atoms with Crippen LogP contribution in [0.2, 0.25) is 5.02 Å². The number of hydrogen-bond acceptors (Lipinski definition) is 6. The highest BCUT2D eigenvalue weighted by molar-refractivity contribution is 6.35. The van der Waals surface area contributed by atoms with Gasteiger partial charge in [0.2, 0.25) is 5.91 Å². The van der Waals surface area contributed by atoms with Gasteiger partial charge >= 0.3 is 18.2 Å². The molecular weight excluding hydrogens is 629 g/mol. The van der Waals surface area contributed by atoms with E-state index in [9.17, 15) is 36.3 Å². The summed E-state index contributed by atoms with van der Waals surface area (Å²) in [5.41, 5.74) is 1.75. The number of aliphatic carboxylic acids is 1. The number of urea groups is 1. The molecule has 0 saturated carbocycles. The van der Waals surface area contributed by atoms with Crippen molar-refractivity contribution in [2.24, 2.45) is 11.3 Å². The molecule has 4 aliphatic heterocycles. The van der Waals surface area contributed by atoms with Crippen LogP contribution in [-0.2, 0) is 9.59 Å². The predicted octanol–water partition coefficient (Wildman–Crippen LogP) is 4.29.